The molecule has 2 aromatic rings. The Labute approximate surface area is 92.4 Å². The van der Waals surface area contributed by atoms with Crippen molar-refractivity contribution in [1.82, 2.24) is 4.57 Å². The Morgan fingerprint density at radius 1 is 1.19 bits per heavy atom. The Hall–Kier alpha value is -2.23. The summed E-state index contributed by atoms with van der Waals surface area (Å²) in [5.41, 5.74) is 1.63. The molecule has 0 unspecified atom stereocenters. The third-order valence-electron chi connectivity index (χ3n) is 2.26. The number of phenolic OH excluding ortho intramolecular Hbond substituents is 1. The standard InChI is InChI=1S/C12H11NO3/c14-11-3-1-10(2-4-11)13-6-5-9(8-13)7-12(15)16/h1-6,8,14H,7H2,(H,15,16). The van der Waals surface area contributed by atoms with Crippen LogP contribution < -0.4 is 0 Å². The SMILES string of the molecule is O=C(O)Cc1ccn(-c2ccc(O)cc2)c1. The summed E-state index contributed by atoms with van der Waals surface area (Å²) in [4.78, 5) is 10.5. The maximum absolute atomic E-state index is 10.5. The van der Waals surface area contributed by atoms with Crippen molar-refractivity contribution in [1.29, 1.82) is 0 Å². The number of rotatable bonds is 3. The molecule has 0 spiro atoms. The van der Waals surface area contributed by atoms with Gasteiger partial charge in [0, 0.05) is 18.1 Å². The lowest BCUT2D eigenvalue weighted by Crippen LogP contribution is -1.98. The van der Waals surface area contributed by atoms with Gasteiger partial charge in [0.15, 0.2) is 0 Å². The van der Waals surface area contributed by atoms with E-state index in [1.165, 1.54) is 0 Å². The van der Waals surface area contributed by atoms with Gasteiger partial charge in [0.25, 0.3) is 0 Å². The summed E-state index contributed by atoms with van der Waals surface area (Å²) in [6.07, 6.45) is 3.58. The highest BCUT2D eigenvalue weighted by molar-refractivity contribution is 5.70. The highest BCUT2D eigenvalue weighted by Crippen LogP contribution is 2.15. The first kappa shape index (κ1) is 10.3. The molecule has 0 radical (unpaired) electrons. The van der Waals surface area contributed by atoms with Crippen molar-refractivity contribution in [2.24, 2.45) is 0 Å². The molecule has 0 saturated heterocycles. The molecule has 0 atom stereocenters. The number of carboxylic acids is 1. The van der Waals surface area contributed by atoms with Crippen molar-refractivity contribution in [3.63, 3.8) is 0 Å². The van der Waals surface area contributed by atoms with Crippen molar-refractivity contribution < 1.29 is 15.0 Å². The summed E-state index contributed by atoms with van der Waals surface area (Å²) < 4.78 is 1.82. The molecule has 16 heavy (non-hydrogen) atoms. The van der Waals surface area contributed by atoms with E-state index in [2.05, 4.69) is 0 Å². The van der Waals surface area contributed by atoms with Gasteiger partial charge in [-0.3, -0.25) is 4.79 Å². The lowest BCUT2D eigenvalue weighted by Gasteiger charge is -2.02. The largest absolute Gasteiger partial charge is 0.508 e. The van der Waals surface area contributed by atoms with E-state index in [1.807, 2.05) is 4.57 Å². The van der Waals surface area contributed by atoms with Crippen LogP contribution in [0.15, 0.2) is 42.7 Å². The quantitative estimate of drug-likeness (QED) is 0.824. The normalized spacial score (nSPS) is 10.2. The molecule has 0 amide bonds. The third-order valence-corrected chi connectivity index (χ3v) is 2.26. The summed E-state index contributed by atoms with van der Waals surface area (Å²) in [6, 6.07) is 8.47. The van der Waals surface area contributed by atoms with E-state index in [1.54, 1.807) is 42.7 Å². The summed E-state index contributed by atoms with van der Waals surface area (Å²) in [7, 11) is 0. The maximum atomic E-state index is 10.5. The predicted molar refractivity (Wildman–Crippen MR) is 58.8 cm³/mol. The first-order valence-corrected chi connectivity index (χ1v) is 4.83. The number of aromatic nitrogens is 1. The van der Waals surface area contributed by atoms with Crippen LogP contribution in [0.25, 0.3) is 5.69 Å². The van der Waals surface area contributed by atoms with Crippen LogP contribution >= 0.6 is 0 Å². The van der Waals surface area contributed by atoms with E-state index in [-0.39, 0.29) is 12.2 Å². The molecule has 0 bridgehead atoms. The number of aliphatic carboxylic acids is 1. The predicted octanol–water partition coefficient (Wildman–Crippen LogP) is 1.81. The van der Waals surface area contributed by atoms with Gasteiger partial charge >= 0.3 is 5.97 Å². The van der Waals surface area contributed by atoms with E-state index in [0.717, 1.165) is 11.3 Å². The smallest absolute Gasteiger partial charge is 0.307 e. The second-order valence-electron chi connectivity index (χ2n) is 3.51. The van der Waals surface area contributed by atoms with Crippen LogP contribution in [0.5, 0.6) is 5.75 Å². The molecule has 1 heterocycles. The summed E-state index contributed by atoms with van der Waals surface area (Å²) in [5.74, 6) is -0.634. The van der Waals surface area contributed by atoms with Crippen LogP contribution in [-0.4, -0.2) is 20.7 Å². The molecule has 0 aliphatic carbocycles. The highest BCUT2D eigenvalue weighted by atomic mass is 16.4. The molecule has 0 fully saturated rings. The molecule has 1 aromatic carbocycles. The number of carboxylic acid groups (broad SMARTS) is 1. The Morgan fingerprint density at radius 3 is 2.50 bits per heavy atom. The molecule has 0 aliphatic heterocycles. The Bertz CT molecular complexity index is 499. The van der Waals surface area contributed by atoms with E-state index in [9.17, 15) is 4.79 Å². The number of nitrogens with zero attached hydrogens (tertiary/aromatic N) is 1. The lowest BCUT2D eigenvalue weighted by atomic mass is 10.2. The van der Waals surface area contributed by atoms with Crippen LogP contribution in [0.1, 0.15) is 5.56 Å². The minimum absolute atomic E-state index is 0.0189. The van der Waals surface area contributed by atoms with Crippen LogP contribution in [0.2, 0.25) is 0 Å². The highest BCUT2D eigenvalue weighted by Gasteiger charge is 2.03. The zero-order chi connectivity index (χ0) is 11.5. The fourth-order valence-electron chi connectivity index (χ4n) is 1.51. The molecule has 2 rings (SSSR count). The fraction of sp³-hybridized carbons (Fsp3) is 0.0833. The van der Waals surface area contributed by atoms with E-state index >= 15 is 0 Å². The van der Waals surface area contributed by atoms with E-state index in [0.29, 0.717) is 0 Å². The zero-order valence-electron chi connectivity index (χ0n) is 8.50. The number of phenols is 1. The van der Waals surface area contributed by atoms with Crippen LogP contribution in [0.4, 0.5) is 0 Å². The number of carbonyl (C=O) groups is 1. The average Bonchev–Trinajstić information content (AvgIpc) is 2.66. The molecule has 0 saturated carbocycles. The van der Waals surface area contributed by atoms with Crippen molar-refractivity contribution in [2.45, 2.75) is 6.42 Å². The molecule has 2 N–H and O–H groups in total. The first-order chi connectivity index (χ1) is 7.65. The van der Waals surface area contributed by atoms with Gasteiger partial charge in [-0.1, -0.05) is 0 Å². The van der Waals surface area contributed by atoms with E-state index in [4.69, 9.17) is 10.2 Å². The van der Waals surface area contributed by atoms with Crippen LogP contribution in [0.3, 0.4) is 0 Å². The molecule has 82 valence electrons. The Kier molecular flexibility index (Phi) is 2.64. The van der Waals surface area contributed by atoms with Gasteiger partial charge in [-0.05, 0) is 35.9 Å². The monoisotopic (exact) mass is 217 g/mol. The van der Waals surface area contributed by atoms with Crippen molar-refractivity contribution >= 4 is 5.97 Å². The number of hydrogen-bond donors (Lipinski definition) is 2. The van der Waals surface area contributed by atoms with Crippen LogP contribution in [0, 0.1) is 0 Å². The summed E-state index contributed by atoms with van der Waals surface area (Å²) in [6.45, 7) is 0. The molecule has 4 heteroatoms. The van der Waals surface area contributed by atoms with Gasteiger partial charge < -0.3 is 14.8 Å². The van der Waals surface area contributed by atoms with E-state index < -0.39 is 5.97 Å². The minimum Gasteiger partial charge on any atom is -0.508 e. The molecule has 1 aromatic heterocycles. The van der Waals surface area contributed by atoms with Gasteiger partial charge in [-0.15, -0.1) is 0 Å². The van der Waals surface area contributed by atoms with Gasteiger partial charge in [0.2, 0.25) is 0 Å². The Balaban J connectivity index is 2.24. The minimum atomic E-state index is -0.844. The molecular formula is C12H11NO3. The Morgan fingerprint density at radius 2 is 1.88 bits per heavy atom. The number of aromatic hydroxyl groups is 1. The molecule has 4 nitrogen and oxygen atoms in total. The van der Waals surface area contributed by atoms with Gasteiger partial charge in [0.1, 0.15) is 5.75 Å². The fourth-order valence-corrected chi connectivity index (χ4v) is 1.51. The van der Waals surface area contributed by atoms with Gasteiger partial charge in [0.05, 0.1) is 6.42 Å². The zero-order valence-corrected chi connectivity index (χ0v) is 8.50. The third kappa shape index (κ3) is 2.23. The second-order valence-corrected chi connectivity index (χ2v) is 3.51. The number of benzene rings is 1. The average molecular weight is 217 g/mol. The summed E-state index contributed by atoms with van der Waals surface area (Å²) >= 11 is 0. The van der Waals surface area contributed by atoms with Crippen LogP contribution in [-0.2, 0) is 11.2 Å². The maximum Gasteiger partial charge on any atom is 0.307 e. The van der Waals surface area contributed by atoms with Crippen molar-refractivity contribution in [3.05, 3.63) is 48.3 Å². The lowest BCUT2D eigenvalue weighted by molar-refractivity contribution is -0.136. The molecular weight excluding hydrogens is 206 g/mol. The topological polar surface area (TPSA) is 62.5 Å². The first-order valence-electron chi connectivity index (χ1n) is 4.83. The number of hydrogen-bond acceptors (Lipinski definition) is 2. The van der Waals surface area contributed by atoms with Crippen molar-refractivity contribution in [2.75, 3.05) is 0 Å². The van der Waals surface area contributed by atoms with Gasteiger partial charge in [-0.2, -0.15) is 0 Å². The van der Waals surface area contributed by atoms with Gasteiger partial charge in [-0.25, -0.2) is 0 Å². The summed E-state index contributed by atoms with van der Waals surface area (Å²) in [5, 5.41) is 17.8. The molecule has 0 aliphatic rings. The second kappa shape index (κ2) is 4.10. The van der Waals surface area contributed by atoms with Crippen molar-refractivity contribution in [3.8, 4) is 11.4 Å².